The van der Waals surface area contributed by atoms with Crippen LogP contribution in [-0.4, -0.2) is 28.2 Å². The third-order valence-corrected chi connectivity index (χ3v) is 7.25. The van der Waals surface area contributed by atoms with Gasteiger partial charge in [0.1, 0.15) is 17.0 Å². The van der Waals surface area contributed by atoms with Crippen molar-refractivity contribution in [1.29, 1.82) is 0 Å². The Morgan fingerprint density at radius 2 is 1.37 bits per heavy atom. The molecule has 0 aliphatic heterocycles. The van der Waals surface area contributed by atoms with Gasteiger partial charge in [0, 0.05) is 28.7 Å². The Kier molecular flexibility index (Phi) is 10.1. The van der Waals surface area contributed by atoms with E-state index in [9.17, 15) is 35.9 Å². The number of alkyl halides is 6. The summed E-state index contributed by atoms with van der Waals surface area (Å²) in [7, 11) is 0. The second-order valence-corrected chi connectivity index (χ2v) is 10.8. The number of nitrogens with zero attached hydrogens (tertiary/aromatic N) is 2. The number of nitrogens with one attached hydrogen (secondary N) is 2. The summed E-state index contributed by atoms with van der Waals surface area (Å²) in [6, 6.07) is 21.1. The number of anilines is 2. The molecule has 0 spiro atoms. The van der Waals surface area contributed by atoms with Crippen LogP contribution in [0.5, 0.6) is 5.75 Å². The van der Waals surface area contributed by atoms with Crippen molar-refractivity contribution >= 4 is 40.9 Å². The lowest BCUT2D eigenvalue weighted by Crippen LogP contribution is -2.25. The predicted octanol–water partition coefficient (Wildman–Crippen LogP) is 9.29. The van der Waals surface area contributed by atoms with E-state index in [0.717, 1.165) is 30.3 Å². The molecule has 252 valence electrons. The smallest absolute Gasteiger partial charge is 0.416 e. The lowest BCUT2D eigenvalue weighted by Gasteiger charge is -2.13. The molecule has 4 aromatic carbocycles. The summed E-state index contributed by atoms with van der Waals surface area (Å²) in [6.45, 7) is 2.13. The van der Waals surface area contributed by atoms with Crippen molar-refractivity contribution in [1.82, 2.24) is 9.78 Å². The first-order valence-corrected chi connectivity index (χ1v) is 14.9. The Morgan fingerprint density at radius 3 is 1.88 bits per heavy atom. The Morgan fingerprint density at radius 1 is 0.796 bits per heavy atom. The third kappa shape index (κ3) is 8.49. The van der Waals surface area contributed by atoms with Gasteiger partial charge in [0.05, 0.1) is 28.4 Å². The molecular weight excluding hydrogens is 674 g/mol. The average molecular weight is 699 g/mol. The Balaban J connectivity index is 1.63. The fourth-order valence-corrected chi connectivity index (χ4v) is 4.92. The number of carbonyl (C=O) groups excluding carboxylic acids is 2. The SMILES string of the molecule is CCOc1ccc(-c2nn(-c3ccccc3)cc2C=C(C(=O)Nc2cccc(C(F)(F)F)c2)C(=O)Nc2cccc(C(F)(F)F)c2)cc1Cl. The first kappa shape index (κ1) is 34.8. The van der Waals surface area contributed by atoms with Gasteiger partial charge in [-0.2, -0.15) is 31.4 Å². The molecule has 0 fully saturated rings. The number of ether oxygens (including phenoxy) is 1. The van der Waals surface area contributed by atoms with E-state index in [-0.39, 0.29) is 27.7 Å². The highest BCUT2D eigenvalue weighted by Crippen LogP contribution is 2.34. The average Bonchev–Trinajstić information content (AvgIpc) is 3.48. The Hall–Kier alpha value is -5.56. The van der Waals surface area contributed by atoms with Crippen LogP contribution >= 0.6 is 11.6 Å². The zero-order valence-electron chi connectivity index (χ0n) is 25.4. The van der Waals surface area contributed by atoms with Gasteiger partial charge in [0.2, 0.25) is 0 Å². The minimum Gasteiger partial charge on any atom is -0.492 e. The molecular formula is C35H25ClF6N4O3. The van der Waals surface area contributed by atoms with E-state index in [1.807, 2.05) is 0 Å². The third-order valence-electron chi connectivity index (χ3n) is 6.95. The van der Waals surface area contributed by atoms with Crippen LogP contribution in [0.15, 0.2) is 109 Å². The van der Waals surface area contributed by atoms with Gasteiger partial charge >= 0.3 is 12.4 Å². The van der Waals surface area contributed by atoms with Gasteiger partial charge in [0.15, 0.2) is 0 Å². The van der Waals surface area contributed by atoms with E-state index in [4.69, 9.17) is 16.3 Å². The summed E-state index contributed by atoms with van der Waals surface area (Å²) >= 11 is 6.45. The summed E-state index contributed by atoms with van der Waals surface area (Å²) in [5.74, 6) is -1.90. The lowest BCUT2D eigenvalue weighted by atomic mass is 10.0. The van der Waals surface area contributed by atoms with Gasteiger partial charge in [-0.1, -0.05) is 41.9 Å². The molecule has 0 bridgehead atoms. The maximum atomic E-state index is 13.7. The van der Waals surface area contributed by atoms with Crippen LogP contribution in [0.4, 0.5) is 37.7 Å². The van der Waals surface area contributed by atoms with E-state index in [2.05, 4.69) is 15.7 Å². The molecule has 1 aromatic heterocycles. The summed E-state index contributed by atoms with van der Waals surface area (Å²) < 4.78 is 87.3. The van der Waals surface area contributed by atoms with Crippen molar-refractivity contribution in [3.8, 4) is 22.7 Å². The van der Waals surface area contributed by atoms with Crippen LogP contribution < -0.4 is 15.4 Å². The largest absolute Gasteiger partial charge is 0.492 e. The molecule has 7 nitrogen and oxygen atoms in total. The van der Waals surface area contributed by atoms with Gasteiger partial charge < -0.3 is 15.4 Å². The van der Waals surface area contributed by atoms with Gasteiger partial charge in [-0.25, -0.2) is 4.68 Å². The summed E-state index contributed by atoms with van der Waals surface area (Å²) in [4.78, 5) is 27.3. The predicted molar refractivity (Wildman–Crippen MR) is 173 cm³/mol. The fourth-order valence-electron chi connectivity index (χ4n) is 4.68. The van der Waals surface area contributed by atoms with Crippen molar-refractivity contribution in [3.63, 3.8) is 0 Å². The molecule has 49 heavy (non-hydrogen) atoms. The van der Waals surface area contributed by atoms with E-state index in [0.29, 0.717) is 35.7 Å². The van der Waals surface area contributed by atoms with E-state index in [1.54, 1.807) is 55.5 Å². The summed E-state index contributed by atoms with van der Waals surface area (Å²) in [5, 5.41) is 9.47. The van der Waals surface area contributed by atoms with Crippen LogP contribution in [0.2, 0.25) is 5.02 Å². The molecule has 5 rings (SSSR count). The zero-order valence-corrected chi connectivity index (χ0v) is 26.1. The second kappa shape index (κ2) is 14.3. The zero-order chi connectivity index (χ0) is 35.3. The van der Waals surface area contributed by atoms with Crippen molar-refractivity contribution in [3.05, 3.63) is 131 Å². The highest BCUT2D eigenvalue weighted by Gasteiger charge is 2.32. The molecule has 1 heterocycles. The topological polar surface area (TPSA) is 85.2 Å². The summed E-state index contributed by atoms with van der Waals surface area (Å²) in [6.07, 6.45) is -6.80. The first-order valence-electron chi connectivity index (χ1n) is 14.5. The highest BCUT2D eigenvalue weighted by atomic mass is 35.5. The van der Waals surface area contributed by atoms with Crippen LogP contribution in [0, 0.1) is 0 Å². The van der Waals surface area contributed by atoms with E-state index >= 15 is 0 Å². The number of benzene rings is 4. The number of hydrogen-bond donors (Lipinski definition) is 2. The molecule has 2 N–H and O–H groups in total. The maximum absolute atomic E-state index is 13.7. The molecule has 0 aliphatic carbocycles. The molecule has 0 unspecified atom stereocenters. The monoisotopic (exact) mass is 698 g/mol. The number of amides is 2. The van der Waals surface area contributed by atoms with Gasteiger partial charge in [0.25, 0.3) is 11.8 Å². The van der Waals surface area contributed by atoms with E-state index < -0.39 is 40.9 Å². The van der Waals surface area contributed by atoms with Gasteiger partial charge in [-0.3, -0.25) is 9.59 Å². The standard InChI is InChI=1S/C35H25ClF6N4O3/c1-2-49-30-15-14-21(17-29(30)36)31-22(20-46(45-31)27-12-4-3-5-13-27)16-28(32(47)43-25-10-6-8-23(18-25)34(37,38)39)33(48)44-26-11-7-9-24(19-26)35(40,41)42/h3-20H,2H2,1H3,(H,43,47)(H,44,48). The molecule has 0 atom stereocenters. The van der Waals surface area contributed by atoms with Crippen molar-refractivity contribution < 1.29 is 40.7 Å². The number of aromatic nitrogens is 2. The first-order chi connectivity index (χ1) is 23.2. The lowest BCUT2D eigenvalue weighted by molar-refractivity contribution is -0.138. The van der Waals surface area contributed by atoms with Gasteiger partial charge in [-0.05, 0) is 79.7 Å². The minimum absolute atomic E-state index is 0.192. The number of halogens is 7. The van der Waals surface area contributed by atoms with Crippen LogP contribution in [0.25, 0.3) is 23.0 Å². The minimum atomic E-state index is -4.72. The molecule has 0 aliphatic rings. The molecule has 0 saturated heterocycles. The quantitative estimate of drug-likeness (QED) is 0.0696. The van der Waals surface area contributed by atoms with E-state index in [1.165, 1.54) is 23.0 Å². The molecule has 2 amide bonds. The Labute approximate surface area is 280 Å². The second-order valence-electron chi connectivity index (χ2n) is 10.4. The fraction of sp³-hybridized carbons (Fsp3) is 0.114. The summed E-state index contributed by atoms with van der Waals surface area (Å²) in [5.41, 5.74) is -1.84. The van der Waals surface area contributed by atoms with Crippen LogP contribution in [0.1, 0.15) is 23.6 Å². The van der Waals surface area contributed by atoms with Crippen molar-refractivity contribution in [2.75, 3.05) is 17.2 Å². The van der Waals surface area contributed by atoms with Gasteiger partial charge in [-0.15, -0.1) is 0 Å². The Bertz CT molecular complexity index is 1950. The molecule has 5 aromatic rings. The number of carbonyl (C=O) groups is 2. The number of hydrogen-bond acceptors (Lipinski definition) is 4. The normalized spacial score (nSPS) is 11.5. The molecule has 0 saturated carbocycles. The molecule has 0 radical (unpaired) electrons. The highest BCUT2D eigenvalue weighted by molar-refractivity contribution is 6.32. The van der Waals surface area contributed by atoms with Crippen LogP contribution in [0.3, 0.4) is 0 Å². The maximum Gasteiger partial charge on any atom is 0.416 e. The number of rotatable bonds is 9. The van der Waals surface area contributed by atoms with Crippen molar-refractivity contribution in [2.45, 2.75) is 19.3 Å². The number of para-hydroxylation sites is 1. The van der Waals surface area contributed by atoms with Crippen molar-refractivity contribution in [2.24, 2.45) is 0 Å². The molecule has 14 heteroatoms. The van der Waals surface area contributed by atoms with Crippen LogP contribution in [-0.2, 0) is 21.9 Å².